The maximum atomic E-state index is 12.5. The Bertz CT molecular complexity index is 902. The van der Waals surface area contributed by atoms with E-state index in [0.717, 1.165) is 15.8 Å². The van der Waals surface area contributed by atoms with Crippen LogP contribution in [-0.2, 0) is 6.54 Å². The summed E-state index contributed by atoms with van der Waals surface area (Å²) in [4.78, 5) is 12.5. The highest BCUT2D eigenvalue weighted by Gasteiger charge is 2.16. The Morgan fingerprint density at radius 1 is 1.04 bits per heavy atom. The largest absolute Gasteiger partial charge is 0.493 e. The molecule has 0 radical (unpaired) electrons. The monoisotopic (exact) mass is 415 g/mol. The molecule has 3 aromatic rings. The van der Waals surface area contributed by atoms with Gasteiger partial charge in [-0.25, -0.2) is 0 Å². The van der Waals surface area contributed by atoms with E-state index in [-0.39, 0.29) is 12.5 Å². The van der Waals surface area contributed by atoms with Crippen molar-refractivity contribution in [1.29, 1.82) is 0 Å². The average Bonchev–Trinajstić information content (AvgIpc) is 3.14. The smallest absolute Gasteiger partial charge is 0.255 e. The SMILES string of the molecule is COc1cccc(C(=O)NCc2ccc(-c3ccc(Br)cc3)o2)c1OC. The third-order valence-corrected chi connectivity index (χ3v) is 4.39. The number of carbonyl (C=O) groups excluding carboxylic acids is 1. The standard InChI is InChI=1S/C20H18BrNO4/c1-24-18-5-3-4-16(19(18)25-2)20(23)22-12-15-10-11-17(26-15)13-6-8-14(21)9-7-13/h3-11H,12H2,1-2H3,(H,22,23). The molecule has 0 spiro atoms. The van der Waals surface area contributed by atoms with E-state index in [0.29, 0.717) is 22.8 Å². The molecule has 1 N–H and O–H groups in total. The van der Waals surface area contributed by atoms with Crippen LogP contribution in [0.25, 0.3) is 11.3 Å². The molecule has 1 heterocycles. The van der Waals surface area contributed by atoms with Crippen molar-refractivity contribution in [2.24, 2.45) is 0 Å². The first-order chi connectivity index (χ1) is 12.6. The van der Waals surface area contributed by atoms with Crippen molar-refractivity contribution in [3.8, 4) is 22.8 Å². The molecule has 0 aliphatic rings. The molecule has 0 bridgehead atoms. The Morgan fingerprint density at radius 2 is 1.81 bits per heavy atom. The van der Waals surface area contributed by atoms with Gasteiger partial charge < -0.3 is 19.2 Å². The fraction of sp³-hybridized carbons (Fsp3) is 0.150. The maximum Gasteiger partial charge on any atom is 0.255 e. The van der Waals surface area contributed by atoms with E-state index in [2.05, 4.69) is 21.2 Å². The zero-order valence-electron chi connectivity index (χ0n) is 14.4. The Kier molecular flexibility index (Phi) is 5.63. The zero-order chi connectivity index (χ0) is 18.5. The van der Waals surface area contributed by atoms with Crippen molar-refractivity contribution in [2.75, 3.05) is 14.2 Å². The number of methoxy groups -OCH3 is 2. The summed E-state index contributed by atoms with van der Waals surface area (Å²) in [5.74, 6) is 2.07. The van der Waals surface area contributed by atoms with Crippen LogP contribution in [0.15, 0.2) is 63.5 Å². The molecule has 26 heavy (non-hydrogen) atoms. The summed E-state index contributed by atoms with van der Waals surface area (Å²) in [5, 5.41) is 2.84. The van der Waals surface area contributed by atoms with Gasteiger partial charge in [-0.05, 0) is 36.4 Å². The summed E-state index contributed by atoms with van der Waals surface area (Å²) in [6.07, 6.45) is 0. The number of para-hydroxylation sites is 1. The van der Waals surface area contributed by atoms with Crippen molar-refractivity contribution in [3.63, 3.8) is 0 Å². The van der Waals surface area contributed by atoms with Crippen molar-refractivity contribution >= 4 is 21.8 Å². The molecule has 6 heteroatoms. The van der Waals surface area contributed by atoms with Crippen molar-refractivity contribution < 1.29 is 18.7 Å². The third-order valence-electron chi connectivity index (χ3n) is 3.86. The average molecular weight is 416 g/mol. The highest BCUT2D eigenvalue weighted by Crippen LogP contribution is 2.30. The second-order valence-electron chi connectivity index (χ2n) is 5.50. The van der Waals surface area contributed by atoms with Crippen LogP contribution in [0.4, 0.5) is 0 Å². The Hall–Kier alpha value is -2.73. The first-order valence-electron chi connectivity index (χ1n) is 7.96. The molecule has 2 aromatic carbocycles. The third kappa shape index (κ3) is 3.91. The van der Waals surface area contributed by atoms with Gasteiger partial charge in [0.05, 0.1) is 26.3 Å². The van der Waals surface area contributed by atoms with Gasteiger partial charge in [0, 0.05) is 10.0 Å². The molecule has 134 valence electrons. The van der Waals surface area contributed by atoms with E-state index >= 15 is 0 Å². The summed E-state index contributed by atoms with van der Waals surface area (Å²) in [6, 6.07) is 16.7. The predicted molar refractivity (Wildman–Crippen MR) is 103 cm³/mol. The number of hydrogen-bond donors (Lipinski definition) is 1. The van der Waals surface area contributed by atoms with Gasteiger partial charge in [0.1, 0.15) is 11.5 Å². The first-order valence-corrected chi connectivity index (χ1v) is 8.75. The molecule has 0 unspecified atom stereocenters. The van der Waals surface area contributed by atoms with Crippen LogP contribution in [-0.4, -0.2) is 20.1 Å². The maximum absolute atomic E-state index is 12.5. The number of nitrogens with one attached hydrogen (secondary N) is 1. The quantitative estimate of drug-likeness (QED) is 0.635. The number of amides is 1. The summed E-state index contributed by atoms with van der Waals surface area (Å²) in [5.41, 5.74) is 1.38. The number of rotatable bonds is 6. The summed E-state index contributed by atoms with van der Waals surface area (Å²) in [7, 11) is 3.04. The van der Waals surface area contributed by atoms with E-state index in [4.69, 9.17) is 13.9 Å². The molecule has 0 fully saturated rings. The van der Waals surface area contributed by atoms with Gasteiger partial charge in [0.15, 0.2) is 11.5 Å². The minimum absolute atomic E-state index is 0.262. The van der Waals surface area contributed by atoms with E-state index in [9.17, 15) is 4.79 Å². The molecule has 5 nitrogen and oxygen atoms in total. The second kappa shape index (κ2) is 8.10. The lowest BCUT2D eigenvalue weighted by molar-refractivity contribution is 0.0944. The van der Waals surface area contributed by atoms with Crippen LogP contribution in [0.3, 0.4) is 0 Å². The number of benzene rings is 2. The van der Waals surface area contributed by atoms with E-state index in [1.54, 1.807) is 18.2 Å². The molecule has 1 amide bonds. The van der Waals surface area contributed by atoms with Gasteiger partial charge in [-0.3, -0.25) is 4.79 Å². The van der Waals surface area contributed by atoms with Crippen molar-refractivity contribution in [2.45, 2.75) is 6.54 Å². The molecule has 0 aliphatic heterocycles. The van der Waals surface area contributed by atoms with Gasteiger partial charge >= 0.3 is 0 Å². The van der Waals surface area contributed by atoms with Gasteiger partial charge in [-0.1, -0.05) is 34.1 Å². The number of furan rings is 1. The first kappa shape index (κ1) is 18.1. The predicted octanol–water partition coefficient (Wildman–Crippen LogP) is 4.66. The number of carbonyl (C=O) groups is 1. The molecule has 0 aliphatic carbocycles. The van der Waals surface area contributed by atoms with Gasteiger partial charge in [0.25, 0.3) is 5.91 Å². The van der Waals surface area contributed by atoms with E-state index < -0.39 is 0 Å². The molecule has 1 aromatic heterocycles. The van der Waals surface area contributed by atoms with Crippen molar-refractivity contribution in [3.05, 3.63) is 70.4 Å². The Balaban J connectivity index is 1.70. The van der Waals surface area contributed by atoms with Crippen LogP contribution < -0.4 is 14.8 Å². The van der Waals surface area contributed by atoms with E-state index in [1.807, 2.05) is 36.4 Å². The molecular formula is C20H18BrNO4. The molecule has 0 atom stereocenters. The lowest BCUT2D eigenvalue weighted by Crippen LogP contribution is -2.23. The van der Waals surface area contributed by atoms with Crippen LogP contribution in [0.1, 0.15) is 16.1 Å². The fourth-order valence-electron chi connectivity index (χ4n) is 2.57. The molecule has 0 saturated heterocycles. The zero-order valence-corrected chi connectivity index (χ0v) is 16.0. The van der Waals surface area contributed by atoms with Crippen molar-refractivity contribution in [1.82, 2.24) is 5.32 Å². The molecule has 0 saturated carbocycles. The van der Waals surface area contributed by atoms with Crippen LogP contribution in [0.5, 0.6) is 11.5 Å². The van der Waals surface area contributed by atoms with Gasteiger partial charge in [-0.15, -0.1) is 0 Å². The number of hydrogen-bond acceptors (Lipinski definition) is 4. The van der Waals surface area contributed by atoms with E-state index in [1.165, 1.54) is 14.2 Å². The fourth-order valence-corrected chi connectivity index (χ4v) is 2.84. The topological polar surface area (TPSA) is 60.7 Å². The number of ether oxygens (including phenoxy) is 2. The summed E-state index contributed by atoms with van der Waals surface area (Å²) >= 11 is 3.41. The lowest BCUT2D eigenvalue weighted by atomic mass is 10.1. The highest BCUT2D eigenvalue weighted by molar-refractivity contribution is 9.10. The molecular weight excluding hydrogens is 398 g/mol. The lowest BCUT2D eigenvalue weighted by Gasteiger charge is -2.12. The van der Waals surface area contributed by atoms with Crippen LogP contribution in [0, 0.1) is 0 Å². The van der Waals surface area contributed by atoms with Crippen LogP contribution in [0.2, 0.25) is 0 Å². The van der Waals surface area contributed by atoms with Gasteiger partial charge in [-0.2, -0.15) is 0 Å². The Morgan fingerprint density at radius 3 is 2.50 bits per heavy atom. The normalized spacial score (nSPS) is 10.4. The minimum Gasteiger partial charge on any atom is -0.493 e. The Labute approximate surface area is 160 Å². The number of halogens is 1. The minimum atomic E-state index is -0.262. The van der Waals surface area contributed by atoms with Crippen LogP contribution >= 0.6 is 15.9 Å². The highest BCUT2D eigenvalue weighted by atomic mass is 79.9. The molecule has 3 rings (SSSR count). The summed E-state index contributed by atoms with van der Waals surface area (Å²) in [6.45, 7) is 0.274. The second-order valence-corrected chi connectivity index (χ2v) is 6.41. The summed E-state index contributed by atoms with van der Waals surface area (Å²) < 4.78 is 17.3. The van der Waals surface area contributed by atoms with Gasteiger partial charge in [0.2, 0.25) is 0 Å².